The zero-order chi connectivity index (χ0) is 23.1. The molecule has 4 aromatic rings. The number of hydrogen-bond acceptors (Lipinski definition) is 7. The first-order chi connectivity index (χ1) is 16.0. The summed E-state index contributed by atoms with van der Waals surface area (Å²) < 4.78 is 8.44. The molecule has 0 spiro atoms. The number of nitrogens with zero attached hydrogens (tertiary/aromatic N) is 7. The Balaban J connectivity index is 1.56. The van der Waals surface area contributed by atoms with Gasteiger partial charge in [0, 0.05) is 26.4 Å². The van der Waals surface area contributed by atoms with Crippen LogP contribution in [0.4, 0.5) is 0 Å². The summed E-state index contributed by atoms with van der Waals surface area (Å²) in [7, 11) is 1.51. The molecule has 0 saturated carbocycles. The number of aromatic amines is 1. The van der Waals surface area contributed by atoms with Crippen molar-refractivity contribution in [2.45, 2.75) is 31.9 Å². The molecule has 1 aliphatic rings. The Kier molecular flexibility index (Phi) is 5.14. The Labute approximate surface area is 188 Å². The number of aromatic nitrogens is 6. The molecule has 11 heteroatoms. The van der Waals surface area contributed by atoms with E-state index in [0.29, 0.717) is 46.7 Å². The first kappa shape index (κ1) is 20.8. The lowest BCUT2D eigenvalue weighted by Crippen LogP contribution is -2.46. The molecule has 0 aliphatic carbocycles. The van der Waals surface area contributed by atoms with E-state index in [-0.39, 0.29) is 17.6 Å². The molecule has 0 aromatic carbocycles. The Hall–Kier alpha value is -4.04. The summed E-state index contributed by atoms with van der Waals surface area (Å²) in [6, 6.07) is 5.31. The van der Waals surface area contributed by atoms with E-state index in [4.69, 9.17) is 9.72 Å². The first-order valence-electron chi connectivity index (χ1n) is 10.7. The highest BCUT2D eigenvalue weighted by atomic mass is 16.5. The number of amides is 1. The van der Waals surface area contributed by atoms with Gasteiger partial charge in [-0.05, 0) is 31.9 Å². The van der Waals surface area contributed by atoms with Crippen LogP contribution >= 0.6 is 0 Å². The second kappa shape index (κ2) is 8.14. The number of carbonyl (C=O) groups excluding carboxylic acids is 1. The lowest BCUT2D eigenvalue weighted by molar-refractivity contribution is -0.142. The van der Waals surface area contributed by atoms with Crippen LogP contribution in [0.25, 0.3) is 28.1 Å². The smallest absolute Gasteiger partial charge is 0.328 e. The number of rotatable bonds is 4. The number of hydrogen-bond donors (Lipinski definition) is 1. The quantitative estimate of drug-likeness (QED) is 0.502. The lowest BCUT2D eigenvalue weighted by atomic mass is 10.0. The standard InChI is InChI=1S/C22H22N8O3/c1-13(33-2)21(31)28-6-3-4-15(12-28)30-20-17(26-22(30)32)11-24-19(27-20)16-10-25-29-7-5-14(9-23)8-18(16)29/h5,7-8,10-11,13,15H,3-4,6,12H2,1-2H3,(H,26,32). The van der Waals surface area contributed by atoms with Crippen molar-refractivity contribution in [2.75, 3.05) is 20.2 Å². The van der Waals surface area contributed by atoms with Gasteiger partial charge in [0.25, 0.3) is 5.91 Å². The van der Waals surface area contributed by atoms with Crippen LogP contribution in [0.1, 0.15) is 31.4 Å². The largest absolute Gasteiger partial charge is 0.372 e. The molecule has 5 heterocycles. The van der Waals surface area contributed by atoms with Crippen LogP contribution in [0.5, 0.6) is 0 Å². The molecule has 11 nitrogen and oxygen atoms in total. The summed E-state index contributed by atoms with van der Waals surface area (Å²) in [5, 5.41) is 13.6. The Bertz CT molecular complexity index is 1460. The molecule has 1 saturated heterocycles. The number of pyridine rings is 1. The van der Waals surface area contributed by atoms with Crippen molar-refractivity contribution in [1.82, 2.24) is 34.0 Å². The van der Waals surface area contributed by atoms with Crippen LogP contribution in [-0.4, -0.2) is 66.2 Å². The van der Waals surface area contributed by atoms with E-state index in [1.807, 2.05) is 0 Å². The van der Waals surface area contributed by atoms with Gasteiger partial charge < -0.3 is 14.6 Å². The normalized spacial score (nSPS) is 17.4. The predicted octanol–water partition coefficient (Wildman–Crippen LogP) is 1.50. The molecule has 33 heavy (non-hydrogen) atoms. The number of fused-ring (bicyclic) bond motifs is 2. The fraction of sp³-hybridized carbons (Fsp3) is 0.364. The van der Waals surface area contributed by atoms with Crippen molar-refractivity contribution in [3.8, 4) is 17.5 Å². The van der Waals surface area contributed by atoms with Gasteiger partial charge in [-0.1, -0.05) is 0 Å². The average Bonchev–Trinajstić information content (AvgIpc) is 3.42. The number of carbonyl (C=O) groups is 1. The third-order valence-corrected chi connectivity index (χ3v) is 6.12. The summed E-state index contributed by atoms with van der Waals surface area (Å²) >= 11 is 0. The average molecular weight is 446 g/mol. The van der Waals surface area contributed by atoms with Gasteiger partial charge in [0.15, 0.2) is 11.5 Å². The van der Waals surface area contributed by atoms with Crippen molar-refractivity contribution < 1.29 is 9.53 Å². The van der Waals surface area contributed by atoms with Crippen LogP contribution in [0.15, 0.2) is 35.5 Å². The zero-order valence-corrected chi connectivity index (χ0v) is 18.2. The Morgan fingerprint density at radius 3 is 3.03 bits per heavy atom. The number of H-pyrrole nitrogens is 1. The zero-order valence-electron chi connectivity index (χ0n) is 18.2. The van der Waals surface area contributed by atoms with Crippen LogP contribution < -0.4 is 5.69 Å². The van der Waals surface area contributed by atoms with E-state index < -0.39 is 6.10 Å². The summed E-state index contributed by atoms with van der Waals surface area (Å²) in [5.41, 5.74) is 2.55. The minimum absolute atomic E-state index is 0.0925. The second-order valence-corrected chi connectivity index (χ2v) is 8.10. The van der Waals surface area contributed by atoms with E-state index in [0.717, 1.165) is 12.8 Å². The van der Waals surface area contributed by atoms with Crippen molar-refractivity contribution in [2.24, 2.45) is 0 Å². The van der Waals surface area contributed by atoms with Crippen molar-refractivity contribution in [3.05, 3.63) is 46.8 Å². The molecule has 0 bridgehead atoms. The molecule has 1 N–H and O–H groups in total. The van der Waals surface area contributed by atoms with E-state index >= 15 is 0 Å². The molecule has 2 atom stereocenters. The van der Waals surface area contributed by atoms with Gasteiger partial charge >= 0.3 is 5.69 Å². The molecule has 5 rings (SSSR count). The Morgan fingerprint density at radius 2 is 2.24 bits per heavy atom. The number of piperidine rings is 1. The van der Waals surface area contributed by atoms with Gasteiger partial charge in [-0.25, -0.2) is 19.3 Å². The molecular weight excluding hydrogens is 424 g/mol. The lowest BCUT2D eigenvalue weighted by Gasteiger charge is -2.34. The highest BCUT2D eigenvalue weighted by Gasteiger charge is 2.30. The van der Waals surface area contributed by atoms with Crippen LogP contribution in [0.3, 0.4) is 0 Å². The molecule has 1 aliphatic heterocycles. The molecule has 0 radical (unpaired) electrons. The van der Waals surface area contributed by atoms with Gasteiger partial charge in [0.1, 0.15) is 11.6 Å². The molecule has 168 valence electrons. The molecule has 2 unspecified atom stereocenters. The number of imidazole rings is 1. The number of nitriles is 1. The third kappa shape index (κ3) is 3.54. The van der Waals surface area contributed by atoms with Gasteiger partial charge in [0.05, 0.1) is 41.1 Å². The maximum Gasteiger partial charge on any atom is 0.328 e. The van der Waals surface area contributed by atoms with Crippen molar-refractivity contribution in [1.29, 1.82) is 5.26 Å². The van der Waals surface area contributed by atoms with E-state index in [1.54, 1.807) is 51.6 Å². The SMILES string of the molecule is COC(C)C(=O)N1CCCC(n2c(=O)[nH]c3cnc(-c4cnn5ccc(C#N)cc45)nc32)C1. The van der Waals surface area contributed by atoms with Crippen LogP contribution in [0, 0.1) is 11.3 Å². The molecule has 1 amide bonds. The number of methoxy groups -OCH3 is 1. The summed E-state index contributed by atoms with van der Waals surface area (Å²) in [4.78, 5) is 39.2. The number of nitrogens with one attached hydrogen (secondary N) is 1. The van der Waals surface area contributed by atoms with Crippen molar-refractivity contribution in [3.63, 3.8) is 0 Å². The highest BCUT2D eigenvalue weighted by molar-refractivity contribution is 5.81. The monoisotopic (exact) mass is 446 g/mol. The number of likely N-dealkylation sites (tertiary alicyclic amines) is 1. The minimum Gasteiger partial charge on any atom is -0.372 e. The second-order valence-electron chi connectivity index (χ2n) is 8.10. The number of ether oxygens (including phenoxy) is 1. The summed E-state index contributed by atoms with van der Waals surface area (Å²) in [6.07, 6.45) is 5.91. The topological polar surface area (TPSA) is 134 Å². The van der Waals surface area contributed by atoms with E-state index in [2.05, 4.69) is 21.1 Å². The molecular formula is C22H22N8O3. The van der Waals surface area contributed by atoms with Crippen LogP contribution in [-0.2, 0) is 9.53 Å². The third-order valence-electron chi connectivity index (χ3n) is 6.12. The highest BCUT2D eigenvalue weighted by Crippen LogP contribution is 2.26. The summed E-state index contributed by atoms with van der Waals surface area (Å²) in [6.45, 7) is 2.75. The van der Waals surface area contributed by atoms with E-state index in [1.165, 1.54) is 7.11 Å². The van der Waals surface area contributed by atoms with Crippen LogP contribution in [0.2, 0.25) is 0 Å². The van der Waals surface area contributed by atoms with Gasteiger partial charge in [-0.3, -0.25) is 9.36 Å². The van der Waals surface area contributed by atoms with Crippen molar-refractivity contribution >= 4 is 22.6 Å². The maximum absolute atomic E-state index is 12.9. The minimum atomic E-state index is -0.536. The Morgan fingerprint density at radius 1 is 1.39 bits per heavy atom. The maximum atomic E-state index is 12.9. The molecule has 4 aromatic heterocycles. The fourth-order valence-corrected chi connectivity index (χ4v) is 4.33. The van der Waals surface area contributed by atoms with Gasteiger partial charge in [-0.2, -0.15) is 10.4 Å². The van der Waals surface area contributed by atoms with Gasteiger partial charge in [-0.15, -0.1) is 0 Å². The fourth-order valence-electron chi connectivity index (χ4n) is 4.33. The molecule has 1 fully saturated rings. The van der Waals surface area contributed by atoms with E-state index in [9.17, 15) is 14.9 Å². The van der Waals surface area contributed by atoms with Gasteiger partial charge in [0.2, 0.25) is 0 Å². The predicted molar refractivity (Wildman–Crippen MR) is 118 cm³/mol. The summed E-state index contributed by atoms with van der Waals surface area (Å²) in [5.74, 6) is 0.308. The first-order valence-corrected chi connectivity index (χ1v) is 10.7.